The van der Waals surface area contributed by atoms with Crippen LogP contribution in [-0.4, -0.2) is 49.2 Å². The molecule has 1 aliphatic rings. The lowest BCUT2D eigenvalue weighted by Gasteiger charge is -2.37. The zero-order chi connectivity index (χ0) is 19.1. The zero-order valence-corrected chi connectivity index (χ0v) is 16.7. The van der Waals surface area contributed by atoms with Crippen LogP contribution in [0.5, 0.6) is 0 Å². The Morgan fingerprint density at radius 2 is 1.85 bits per heavy atom. The van der Waals surface area contributed by atoms with Gasteiger partial charge in [0.05, 0.1) is 12.2 Å². The number of nitrogens with one attached hydrogen (secondary N) is 1. The van der Waals surface area contributed by atoms with Crippen molar-refractivity contribution in [1.29, 1.82) is 0 Å². The number of rotatable bonds is 6. The lowest BCUT2D eigenvalue weighted by Crippen LogP contribution is -2.52. The molecule has 3 rings (SSSR count). The predicted molar refractivity (Wildman–Crippen MR) is 110 cm³/mol. The highest BCUT2D eigenvalue weighted by atomic mass is 16.5. The molecule has 0 atom stereocenters. The number of benzene rings is 1. The number of aromatic nitrogens is 1. The molecule has 0 bridgehead atoms. The minimum Gasteiger partial charge on any atom is -0.368 e. The SMILES string of the molecule is CCC(CC)c1cc(CNC(=NC)N2CCN(c3ccccc3)CC2)on1. The number of hydrogen-bond donors (Lipinski definition) is 1. The molecule has 0 spiro atoms. The van der Waals surface area contributed by atoms with E-state index in [1.807, 2.05) is 7.05 Å². The van der Waals surface area contributed by atoms with Crippen molar-refractivity contribution >= 4 is 11.6 Å². The van der Waals surface area contributed by atoms with Gasteiger partial charge < -0.3 is 19.6 Å². The molecule has 0 amide bonds. The summed E-state index contributed by atoms with van der Waals surface area (Å²) in [5.74, 6) is 2.26. The first kappa shape index (κ1) is 19.3. The molecular formula is C21H31N5O. The van der Waals surface area contributed by atoms with Gasteiger partial charge in [0.25, 0.3) is 0 Å². The van der Waals surface area contributed by atoms with Crippen molar-refractivity contribution in [1.82, 2.24) is 15.4 Å². The summed E-state index contributed by atoms with van der Waals surface area (Å²) in [7, 11) is 1.84. The molecule has 1 aliphatic heterocycles. The fourth-order valence-electron chi connectivity index (χ4n) is 3.63. The highest BCUT2D eigenvalue weighted by Gasteiger charge is 2.20. The van der Waals surface area contributed by atoms with Crippen LogP contribution in [0.4, 0.5) is 5.69 Å². The molecule has 146 valence electrons. The molecule has 0 aliphatic carbocycles. The minimum atomic E-state index is 0.480. The van der Waals surface area contributed by atoms with Gasteiger partial charge in [-0.1, -0.05) is 37.2 Å². The van der Waals surface area contributed by atoms with Crippen LogP contribution in [0.25, 0.3) is 0 Å². The van der Waals surface area contributed by atoms with Gasteiger partial charge in [-0.3, -0.25) is 4.99 Å². The average molecular weight is 370 g/mol. The number of anilines is 1. The van der Waals surface area contributed by atoms with Crippen LogP contribution < -0.4 is 10.2 Å². The lowest BCUT2D eigenvalue weighted by atomic mass is 9.99. The smallest absolute Gasteiger partial charge is 0.194 e. The third-order valence-electron chi connectivity index (χ3n) is 5.31. The van der Waals surface area contributed by atoms with E-state index in [2.05, 4.69) is 75.5 Å². The number of aliphatic imine (C=N–C) groups is 1. The van der Waals surface area contributed by atoms with E-state index in [1.165, 1.54) is 5.69 Å². The first-order valence-corrected chi connectivity index (χ1v) is 9.96. The topological polar surface area (TPSA) is 56.9 Å². The molecule has 6 heteroatoms. The maximum absolute atomic E-state index is 5.51. The van der Waals surface area contributed by atoms with Gasteiger partial charge >= 0.3 is 0 Å². The molecule has 27 heavy (non-hydrogen) atoms. The Morgan fingerprint density at radius 1 is 1.15 bits per heavy atom. The molecule has 2 heterocycles. The van der Waals surface area contributed by atoms with Crippen LogP contribution in [0.2, 0.25) is 0 Å². The van der Waals surface area contributed by atoms with E-state index in [1.54, 1.807) is 0 Å². The Bertz CT molecular complexity index is 715. The summed E-state index contributed by atoms with van der Waals surface area (Å²) in [6, 6.07) is 12.7. The van der Waals surface area contributed by atoms with Crippen molar-refractivity contribution in [2.24, 2.45) is 4.99 Å². The van der Waals surface area contributed by atoms with Crippen LogP contribution in [-0.2, 0) is 6.54 Å². The molecule has 0 radical (unpaired) electrons. The lowest BCUT2D eigenvalue weighted by molar-refractivity contribution is 0.353. The van der Waals surface area contributed by atoms with Crippen molar-refractivity contribution in [3.63, 3.8) is 0 Å². The molecule has 1 aromatic carbocycles. The number of hydrogen-bond acceptors (Lipinski definition) is 4. The van der Waals surface area contributed by atoms with E-state index < -0.39 is 0 Å². The molecule has 6 nitrogen and oxygen atoms in total. The highest BCUT2D eigenvalue weighted by molar-refractivity contribution is 5.80. The second-order valence-corrected chi connectivity index (χ2v) is 6.94. The Balaban J connectivity index is 1.51. The highest BCUT2D eigenvalue weighted by Crippen LogP contribution is 2.22. The van der Waals surface area contributed by atoms with E-state index >= 15 is 0 Å². The second-order valence-electron chi connectivity index (χ2n) is 6.94. The van der Waals surface area contributed by atoms with Gasteiger partial charge in [-0.25, -0.2) is 0 Å². The zero-order valence-electron chi connectivity index (χ0n) is 16.7. The van der Waals surface area contributed by atoms with Gasteiger partial charge in [-0.05, 0) is 25.0 Å². The summed E-state index contributed by atoms with van der Waals surface area (Å²) in [6.45, 7) is 8.87. The van der Waals surface area contributed by atoms with E-state index in [0.29, 0.717) is 12.5 Å². The molecule has 1 N–H and O–H groups in total. The van der Waals surface area contributed by atoms with Crippen LogP contribution in [0, 0.1) is 0 Å². The van der Waals surface area contributed by atoms with Crippen LogP contribution in [0.15, 0.2) is 45.9 Å². The molecule has 1 saturated heterocycles. The predicted octanol–water partition coefficient (Wildman–Crippen LogP) is 3.48. The van der Waals surface area contributed by atoms with Gasteiger partial charge in [-0.2, -0.15) is 0 Å². The van der Waals surface area contributed by atoms with E-state index in [4.69, 9.17) is 4.52 Å². The third kappa shape index (κ3) is 4.81. The summed E-state index contributed by atoms with van der Waals surface area (Å²) >= 11 is 0. The first-order valence-electron chi connectivity index (χ1n) is 9.96. The van der Waals surface area contributed by atoms with Crippen molar-refractivity contribution in [3.8, 4) is 0 Å². The monoisotopic (exact) mass is 369 g/mol. The quantitative estimate of drug-likeness (QED) is 0.624. The van der Waals surface area contributed by atoms with Crippen LogP contribution >= 0.6 is 0 Å². The van der Waals surface area contributed by atoms with Crippen LogP contribution in [0.3, 0.4) is 0 Å². The average Bonchev–Trinajstić information content (AvgIpc) is 3.19. The maximum Gasteiger partial charge on any atom is 0.194 e. The van der Waals surface area contributed by atoms with Crippen molar-refractivity contribution < 1.29 is 4.52 Å². The molecular weight excluding hydrogens is 338 g/mol. The summed E-state index contributed by atoms with van der Waals surface area (Å²) in [4.78, 5) is 9.17. The molecule has 0 unspecified atom stereocenters. The molecule has 0 saturated carbocycles. The summed E-state index contributed by atoms with van der Waals surface area (Å²) in [5, 5.41) is 7.66. The van der Waals surface area contributed by atoms with E-state index in [9.17, 15) is 0 Å². The molecule has 1 fully saturated rings. The van der Waals surface area contributed by atoms with E-state index in [0.717, 1.165) is 56.4 Å². The second kappa shape index (κ2) is 9.44. The largest absolute Gasteiger partial charge is 0.368 e. The molecule has 2 aromatic rings. The van der Waals surface area contributed by atoms with E-state index in [-0.39, 0.29) is 0 Å². The normalized spacial score (nSPS) is 15.5. The fourth-order valence-corrected chi connectivity index (χ4v) is 3.63. The first-order chi connectivity index (χ1) is 13.2. The Kier molecular flexibility index (Phi) is 6.74. The number of para-hydroxylation sites is 1. The Morgan fingerprint density at radius 3 is 2.48 bits per heavy atom. The van der Waals surface area contributed by atoms with Gasteiger partial charge in [0.15, 0.2) is 11.7 Å². The number of guanidine groups is 1. The van der Waals surface area contributed by atoms with Crippen molar-refractivity contribution in [2.45, 2.75) is 39.2 Å². The van der Waals surface area contributed by atoms with Gasteiger partial charge in [0.1, 0.15) is 0 Å². The summed E-state index contributed by atoms with van der Waals surface area (Å²) in [5.41, 5.74) is 2.35. The van der Waals surface area contributed by atoms with Gasteiger partial charge in [0, 0.05) is 50.9 Å². The van der Waals surface area contributed by atoms with Gasteiger partial charge in [-0.15, -0.1) is 0 Å². The minimum absolute atomic E-state index is 0.480. The number of piperazine rings is 1. The number of nitrogens with zero attached hydrogens (tertiary/aromatic N) is 4. The Hall–Kier alpha value is -2.50. The third-order valence-corrected chi connectivity index (χ3v) is 5.31. The summed E-state index contributed by atoms with van der Waals surface area (Å²) in [6.07, 6.45) is 2.17. The van der Waals surface area contributed by atoms with Crippen LogP contribution in [0.1, 0.15) is 44.1 Å². The fraction of sp³-hybridized carbons (Fsp3) is 0.524. The Labute approximate surface area is 162 Å². The standard InChI is InChI=1S/C21H31N5O/c1-4-17(5-2)20-15-19(27-24-20)16-23-21(22-3)26-13-11-25(12-14-26)18-9-7-6-8-10-18/h6-10,15,17H,4-5,11-14,16H2,1-3H3,(H,22,23). The maximum atomic E-state index is 5.51. The van der Waals surface area contributed by atoms with Gasteiger partial charge in [0.2, 0.25) is 0 Å². The summed E-state index contributed by atoms with van der Waals surface area (Å²) < 4.78 is 5.51. The van der Waals surface area contributed by atoms with Crippen molar-refractivity contribution in [2.75, 3.05) is 38.1 Å². The molecule has 1 aromatic heterocycles. The van der Waals surface area contributed by atoms with Crippen molar-refractivity contribution in [3.05, 3.63) is 47.9 Å².